The van der Waals surface area contributed by atoms with Crippen LogP contribution in [-0.2, 0) is 13.9 Å². The lowest BCUT2D eigenvalue weighted by Gasteiger charge is -2.38. The van der Waals surface area contributed by atoms with Crippen molar-refractivity contribution >= 4 is 22.2 Å². The number of amidine groups is 1. The summed E-state index contributed by atoms with van der Waals surface area (Å²) in [5.74, 6) is 0.713. The first-order valence-electron chi connectivity index (χ1n) is 12.1. The van der Waals surface area contributed by atoms with Gasteiger partial charge in [0.2, 0.25) is 0 Å². The first kappa shape index (κ1) is 27.5. The third-order valence-electron chi connectivity index (χ3n) is 6.54. The number of aliphatic hydroxyl groups is 1. The van der Waals surface area contributed by atoms with Crippen LogP contribution in [0.5, 0.6) is 0 Å². The van der Waals surface area contributed by atoms with Gasteiger partial charge in [0, 0.05) is 40.6 Å². The zero-order chi connectivity index (χ0) is 24.0. The van der Waals surface area contributed by atoms with Crippen LogP contribution in [0.25, 0.3) is 0 Å². The standard InChI is InChI=1S/C23H47N3O4Si2/c1-23(2,3)32(7,8)30-13-9-10-20-18-26(19-29-16-17-31(4,5)6)22(27)21(24-20)25-11-14-28-15-12-25/h18,22,27H,9-17,19H2,1-8H3. The second-order valence-corrected chi connectivity index (χ2v) is 22.1. The van der Waals surface area contributed by atoms with Crippen molar-refractivity contribution in [2.24, 2.45) is 4.99 Å². The molecular formula is C23H47N3O4Si2. The lowest BCUT2D eigenvalue weighted by Crippen LogP contribution is -2.52. The van der Waals surface area contributed by atoms with Gasteiger partial charge in [-0.3, -0.25) is 0 Å². The van der Waals surface area contributed by atoms with Gasteiger partial charge in [-0.2, -0.15) is 0 Å². The van der Waals surface area contributed by atoms with Crippen molar-refractivity contribution in [2.75, 3.05) is 46.2 Å². The molecule has 0 spiro atoms. The number of aliphatic hydroxyl groups excluding tert-OH is 1. The molecule has 0 aromatic rings. The van der Waals surface area contributed by atoms with E-state index in [1.54, 1.807) is 0 Å². The maximum absolute atomic E-state index is 11.0. The third-order valence-corrected chi connectivity index (χ3v) is 12.8. The number of hydrogen-bond donors (Lipinski definition) is 1. The number of nitrogens with zero attached hydrogens (tertiary/aromatic N) is 3. The van der Waals surface area contributed by atoms with Gasteiger partial charge in [0.25, 0.3) is 0 Å². The molecule has 1 unspecified atom stereocenters. The Morgan fingerprint density at radius 3 is 2.38 bits per heavy atom. The summed E-state index contributed by atoms with van der Waals surface area (Å²) >= 11 is 0. The van der Waals surface area contributed by atoms with Gasteiger partial charge < -0.3 is 28.8 Å². The highest BCUT2D eigenvalue weighted by Gasteiger charge is 2.37. The van der Waals surface area contributed by atoms with Gasteiger partial charge in [-0.05, 0) is 37.0 Å². The van der Waals surface area contributed by atoms with E-state index >= 15 is 0 Å². The lowest BCUT2D eigenvalue weighted by atomic mass is 10.2. The minimum atomic E-state index is -1.74. The van der Waals surface area contributed by atoms with E-state index in [2.05, 4.69) is 58.4 Å². The van der Waals surface area contributed by atoms with Crippen molar-refractivity contribution in [3.8, 4) is 0 Å². The minimum Gasteiger partial charge on any atom is -0.417 e. The summed E-state index contributed by atoms with van der Waals surface area (Å²) < 4.78 is 17.8. The van der Waals surface area contributed by atoms with Crippen LogP contribution in [0.4, 0.5) is 0 Å². The van der Waals surface area contributed by atoms with Crippen LogP contribution < -0.4 is 0 Å². The largest absolute Gasteiger partial charge is 0.417 e. The Labute approximate surface area is 198 Å². The zero-order valence-electron chi connectivity index (χ0n) is 21.7. The number of allylic oxidation sites excluding steroid dienone is 1. The molecule has 32 heavy (non-hydrogen) atoms. The van der Waals surface area contributed by atoms with E-state index in [0.717, 1.165) is 50.9 Å². The van der Waals surface area contributed by atoms with Gasteiger partial charge >= 0.3 is 0 Å². The van der Waals surface area contributed by atoms with E-state index in [1.165, 1.54) is 0 Å². The van der Waals surface area contributed by atoms with E-state index < -0.39 is 22.6 Å². The van der Waals surface area contributed by atoms with E-state index in [4.69, 9.17) is 18.9 Å². The first-order valence-corrected chi connectivity index (χ1v) is 18.7. The Kier molecular flexibility index (Phi) is 9.99. The second-order valence-electron chi connectivity index (χ2n) is 11.6. The lowest BCUT2D eigenvalue weighted by molar-refractivity contribution is -0.0194. The van der Waals surface area contributed by atoms with Crippen LogP contribution in [0, 0.1) is 0 Å². The van der Waals surface area contributed by atoms with Gasteiger partial charge in [-0.1, -0.05) is 40.4 Å². The van der Waals surface area contributed by atoms with Crippen LogP contribution >= 0.6 is 0 Å². The van der Waals surface area contributed by atoms with Gasteiger partial charge in [0.05, 0.1) is 18.9 Å². The predicted molar refractivity (Wildman–Crippen MR) is 137 cm³/mol. The first-order chi connectivity index (χ1) is 14.8. The molecule has 1 N–H and O–H groups in total. The minimum absolute atomic E-state index is 0.215. The topological polar surface area (TPSA) is 66.8 Å². The maximum Gasteiger partial charge on any atom is 0.191 e. The summed E-state index contributed by atoms with van der Waals surface area (Å²) in [5.41, 5.74) is 0.976. The van der Waals surface area contributed by atoms with Gasteiger partial charge in [0.15, 0.2) is 20.4 Å². The molecule has 2 aliphatic rings. The monoisotopic (exact) mass is 485 g/mol. The summed E-state index contributed by atoms with van der Waals surface area (Å²) in [6.07, 6.45) is 2.92. The summed E-state index contributed by atoms with van der Waals surface area (Å²) in [7, 11) is -2.88. The highest BCUT2D eigenvalue weighted by atomic mass is 28.4. The molecule has 0 amide bonds. The third kappa shape index (κ3) is 8.57. The molecule has 0 aromatic carbocycles. The molecule has 0 aliphatic carbocycles. The molecule has 9 heteroatoms. The Morgan fingerprint density at radius 2 is 1.78 bits per heavy atom. The smallest absolute Gasteiger partial charge is 0.191 e. The Hall–Kier alpha value is -0.716. The molecule has 0 aromatic heterocycles. The molecule has 2 aliphatic heterocycles. The van der Waals surface area contributed by atoms with Gasteiger partial charge in [-0.25, -0.2) is 4.99 Å². The van der Waals surface area contributed by atoms with Crippen LogP contribution in [0.3, 0.4) is 0 Å². The molecular weight excluding hydrogens is 438 g/mol. The molecule has 2 heterocycles. The van der Waals surface area contributed by atoms with Crippen LogP contribution in [0.15, 0.2) is 16.9 Å². The van der Waals surface area contributed by atoms with Crippen LogP contribution in [-0.4, -0.2) is 89.6 Å². The fourth-order valence-electron chi connectivity index (χ4n) is 3.24. The van der Waals surface area contributed by atoms with Crippen LogP contribution in [0.1, 0.15) is 33.6 Å². The van der Waals surface area contributed by atoms with Crippen molar-refractivity contribution in [1.29, 1.82) is 0 Å². The molecule has 0 bridgehead atoms. The summed E-state index contributed by atoms with van der Waals surface area (Å²) in [6.45, 7) is 23.1. The Morgan fingerprint density at radius 1 is 1.12 bits per heavy atom. The number of morpholine rings is 1. The summed E-state index contributed by atoms with van der Waals surface area (Å²) in [6, 6.07) is 1.11. The Bertz CT molecular complexity index is 651. The van der Waals surface area contributed by atoms with Crippen molar-refractivity contribution < 1.29 is 19.0 Å². The van der Waals surface area contributed by atoms with Crippen molar-refractivity contribution in [1.82, 2.24) is 9.80 Å². The molecule has 1 saturated heterocycles. The second kappa shape index (κ2) is 11.6. The molecule has 1 fully saturated rings. The number of ether oxygens (including phenoxy) is 2. The molecule has 0 radical (unpaired) electrons. The predicted octanol–water partition coefficient (Wildman–Crippen LogP) is 4.31. The quantitative estimate of drug-likeness (QED) is 0.367. The molecule has 2 rings (SSSR count). The molecule has 7 nitrogen and oxygen atoms in total. The highest BCUT2D eigenvalue weighted by Crippen LogP contribution is 2.36. The average Bonchev–Trinajstić information content (AvgIpc) is 2.69. The summed E-state index contributed by atoms with van der Waals surface area (Å²) in [5, 5.41) is 11.2. The molecule has 186 valence electrons. The fraction of sp³-hybridized carbons (Fsp3) is 0.870. The number of aliphatic imine (C=N–C) groups is 1. The van der Waals surface area contributed by atoms with E-state index in [0.29, 0.717) is 25.8 Å². The van der Waals surface area contributed by atoms with E-state index in [1.807, 2.05) is 11.1 Å². The maximum atomic E-state index is 11.0. The van der Waals surface area contributed by atoms with Gasteiger partial charge in [0.1, 0.15) is 6.73 Å². The van der Waals surface area contributed by atoms with Crippen molar-refractivity contribution in [2.45, 2.75) is 83.7 Å². The normalized spacial score (nSPS) is 21.0. The fourth-order valence-corrected chi connectivity index (χ4v) is 5.09. The average molecular weight is 486 g/mol. The Balaban J connectivity index is 1.99. The summed E-state index contributed by atoms with van der Waals surface area (Å²) in [4.78, 5) is 8.87. The SMILES string of the molecule is CC(C)(C)[Si](C)(C)OCCCC1=CN(COCC[Si](C)(C)C)C(O)C(N2CCOCC2)=N1. The van der Waals surface area contributed by atoms with E-state index in [-0.39, 0.29) is 5.04 Å². The highest BCUT2D eigenvalue weighted by molar-refractivity contribution is 6.76. The number of rotatable bonds is 10. The van der Waals surface area contributed by atoms with Crippen molar-refractivity contribution in [3.05, 3.63) is 11.9 Å². The molecule has 0 saturated carbocycles. The number of hydrogen-bond acceptors (Lipinski definition) is 7. The van der Waals surface area contributed by atoms with Crippen molar-refractivity contribution in [3.63, 3.8) is 0 Å². The van der Waals surface area contributed by atoms with Crippen LogP contribution in [0.2, 0.25) is 43.8 Å². The zero-order valence-corrected chi connectivity index (χ0v) is 23.7. The molecule has 1 atom stereocenters. The van der Waals surface area contributed by atoms with Gasteiger partial charge in [-0.15, -0.1) is 0 Å². The van der Waals surface area contributed by atoms with E-state index in [9.17, 15) is 5.11 Å².